The lowest BCUT2D eigenvalue weighted by atomic mass is 10.1. The summed E-state index contributed by atoms with van der Waals surface area (Å²) < 4.78 is 64.5. The third-order valence-electron chi connectivity index (χ3n) is 4.13. The van der Waals surface area contributed by atoms with Gasteiger partial charge in [0.25, 0.3) is 0 Å². The molecule has 3 rings (SSSR count). The number of alkyl halides is 3. The van der Waals surface area contributed by atoms with Crippen LogP contribution in [0.1, 0.15) is 31.2 Å². The molecule has 0 spiro atoms. The summed E-state index contributed by atoms with van der Waals surface area (Å²) in [5, 5.41) is 0. The first-order chi connectivity index (χ1) is 10.3. The molecule has 22 heavy (non-hydrogen) atoms. The molecule has 1 aliphatic heterocycles. The lowest BCUT2D eigenvalue weighted by Gasteiger charge is -2.28. The fourth-order valence-electron chi connectivity index (χ4n) is 2.75. The van der Waals surface area contributed by atoms with Crippen molar-refractivity contribution in [2.24, 2.45) is 0 Å². The molecule has 0 atom stereocenters. The molecule has 0 aromatic heterocycles. The van der Waals surface area contributed by atoms with Gasteiger partial charge in [0.2, 0.25) is 10.0 Å². The fraction of sp³-hybridized carbons (Fsp3) is 0.467. The molecule has 120 valence electrons. The van der Waals surface area contributed by atoms with Crippen molar-refractivity contribution in [3.63, 3.8) is 0 Å². The van der Waals surface area contributed by atoms with E-state index in [2.05, 4.69) is 0 Å². The molecule has 0 bridgehead atoms. The highest BCUT2D eigenvalue weighted by atomic mass is 32.2. The van der Waals surface area contributed by atoms with Gasteiger partial charge in [0.1, 0.15) is 0 Å². The van der Waals surface area contributed by atoms with Crippen LogP contribution < -0.4 is 0 Å². The zero-order valence-electron chi connectivity index (χ0n) is 11.9. The molecular formula is C15H16F3NO2S. The van der Waals surface area contributed by atoms with Crippen molar-refractivity contribution in [1.82, 2.24) is 4.31 Å². The third kappa shape index (κ3) is 3.05. The average Bonchev–Trinajstić information content (AvgIpc) is 3.31. The first-order valence-corrected chi connectivity index (χ1v) is 8.60. The second kappa shape index (κ2) is 5.38. The molecule has 1 heterocycles. The third-order valence-corrected chi connectivity index (χ3v) is 6.02. The molecule has 2 aliphatic rings. The maximum atomic E-state index is 12.7. The summed E-state index contributed by atoms with van der Waals surface area (Å²) in [4.78, 5) is -0.287. The Morgan fingerprint density at radius 1 is 0.955 bits per heavy atom. The number of allylic oxidation sites excluding steroid dienone is 1. The highest BCUT2D eigenvalue weighted by molar-refractivity contribution is 7.89. The smallest absolute Gasteiger partial charge is 0.207 e. The number of halogens is 3. The van der Waals surface area contributed by atoms with E-state index in [0.29, 0.717) is 32.0 Å². The van der Waals surface area contributed by atoms with Crippen LogP contribution >= 0.6 is 0 Å². The van der Waals surface area contributed by atoms with Crippen molar-refractivity contribution >= 4 is 10.0 Å². The molecule has 7 heteroatoms. The van der Waals surface area contributed by atoms with Crippen LogP contribution in [0.25, 0.3) is 0 Å². The van der Waals surface area contributed by atoms with Gasteiger partial charge in [-0.15, -0.1) is 0 Å². The Bertz CT molecular complexity index is 707. The van der Waals surface area contributed by atoms with Crippen LogP contribution in [-0.2, 0) is 16.2 Å². The summed E-state index contributed by atoms with van der Waals surface area (Å²) in [5.41, 5.74) is 1.82. The molecule has 0 unspecified atom stereocenters. The summed E-state index contributed by atoms with van der Waals surface area (Å²) in [6.07, 6.45) is -0.955. The van der Waals surface area contributed by atoms with Gasteiger partial charge in [-0.2, -0.15) is 17.5 Å². The predicted molar refractivity (Wildman–Crippen MR) is 75.7 cm³/mol. The minimum Gasteiger partial charge on any atom is -0.207 e. The highest BCUT2D eigenvalue weighted by Gasteiger charge is 2.34. The zero-order chi connectivity index (χ0) is 16.0. The van der Waals surface area contributed by atoms with Gasteiger partial charge in [-0.05, 0) is 43.9 Å². The van der Waals surface area contributed by atoms with Gasteiger partial charge in [-0.25, -0.2) is 8.42 Å². The minimum atomic E-state index is -4.54. The van der Waals surface area contributed by atoms with E-state index in [4.69, 9.17) is 0 Å². The van der Waals surface area contributed by atoms with Crippen LogP contribution in [-0.4, -0.2) is 25.8 Å². The van der Waals surface area contributed by atoms with Crippen molar-refractivity contribution in [2.75, 3.05) is 13.1 Å². The molecule has 1 aromatic carbocycles. The van der Waals surface area contributed by atoms with Crippen molar-refractivity contribution in [1.29, 1.82) is 0 Å². The van der Waals surface area contributed by atoms with E-state index in [9.17, 15) is 21.6 Å². The second-order valence-electron chi connectivity index (χ2n) is 5.64. The first-order valence-electron chi connectivity index (χ1n) is 7.16. The van der Waals surface area contributed by atoms with Crippen LogP contribution in [0.5, 0.6) is 0 Å². The highest BCUT2D eigenvalue weighted by Crippen LogP contribution is 2.37. The molecule has 3 nitrogen and oxygen atoms in total. The van der Waals surface area contributed by atoms with Gasteiger partial charge in [0, 0.05) is 13.1 Å². The van der Waals surface area contributed by atoms with E-state index < -0.39 is 21.8 Å². The topological polar surface area (TPSA) is 37.4 Å². The number of hydrogen-bond donors (Lipinski definition) is 0. The van der Waals surface area contributed by atoms with E-state index >= 15 is 0 Å². The standard InChI is InChI=1S/C15H16F3NO2S/c16-15(17,18)13-2-1-3-14(10-13)22(20,21)19-8-6-12(7-9-19)11-4-5-11/h1-3,10H,4-9H2. The van der Waals surface area contributed by atoms with Crippen molar-refractivity contribution in [2.45, 2.75) is 36.8 Å². The van der Waals surface area contributed by atoms with Gasteiger partial charge in [0.15, 0.2) is 0 Å². The van der Waals surface area contributed by atoms with Crippen LogP contribution in [0.15, 0.2) is 40.3 Å². The largest absolute Gasteiger partial charge is 0.416 e. The molecule has 0 amide bonds. The molecule has 1 aliphatic carbocycles. The number of hydrogen-bond acceptors (Lipinski definition) is 2. The molecule has 1 saturated carbocycles. The summed E-state index contributed by atoms with van der Waals surface area (Å²) in [6, 6.07) is 3.95. The van der Waals surface area contributed by atoms with Crippen LogP contribution in [0.3, 0.4) is 0 Å². The van der Waals surface area contributed by atoms with E-state index in [-0.39, 0.29) is 4.90 Å². The van der Waals surface area contributed by atoms with Crippen LogP contribution in [0.2, 0.25) is 0 Å². The monoisotopic (exact) mass is 331 g/mol. The molecule has 1 saturated heterocycles. The van der Waals surface area contributed by atoms with Gasteiger partial charge in [-0.3, -0.25) is 0 Å². The SMILES string of the molecule is O=S(=O)(c1cccc(C(F)(F)F)c1)N1CCC(=C2CC2)CC1. The minimum absolute atomic E-state index is 0.287. The zero-order valence-corrected chi connectivity index (χ0v) is 12.7. The van der Waals surface area contributed by atoms with E-state index in [1.165, 1.54) is 21.5 Å². The fourth-order valence-corrected chi connectivity index (χ4v) is 4.24. The first kappa shape index (κ1) is 15.6. The normalized spacial score (nSPS) is 20.3. The van der Waals surface area contributed by atoms with Crippen molar-refractivity contribution < 1.29 is 21.6 Å². The number of nitrogens with zero attached hydrogens (tertiary/aromatic N) is 1. The maximum Gasteiger partial charge on any atom is 0.416 e. The summed E-state index contributed by atoms with van der Waals surface area (Å²) in [7, 11) is -3.86. The molecule has 0 N–H and O–H groups in total. The van der Waals surface area contributed by atoms with Gasteiger partial charge < -0.3 is 0 Å². The lowest BCUT2D eigenvalue weighted by molar-refractivity contribution is -0.137. The number of sulfonamides is 1. The Morgan fingerprint density at radius 2 is 1.55 bits per heavy atom. The Hall–Kier alpha value is -1.34. The summed E-state index contributed by atoms with van der Waals surface area (Å²) in [6.45, 7) is 0.689. The molecule has 0 radical (unpaired) electrons. The number of rotatable bonds is 2. The molecule has 2 fully saturated rings. The van der Waals surface area contributed by atoms with Crippen LogP contribution in [0.4, 0.5) is 13.2 Å². The molecular weight excluding hydrogens is 315 g/mol. The lowest BCUT2D eigenvalue weighted by Crippen LogP contribution is -2.36. The summed E-state index contributed by atoms with van der Waals surface area (Å²) >= 11 is 0. The summed E-state index contributed by atoms with van der Waals surface area (Å²) in [5.74, 6) is 0. The average molecular weight is 331 g/mol. The Morgan fingerprint density at radius 3 is 2.09 bits per heavy atom. The quantitative estimate of drug-likeness (QED) is 0.777. The van der Waals surface area contributed by atoms with Crippen molar-refractivity contribution in [3.05, 3.63) is 41.0 Å². The number of piperidine rings is 1. The van der Waals surface area contributed by atoms with Crippen molar-refractivity contribution in [3.8, 4) is 0 Å². The predicted octanol–water partition coefficient (Wildman–Crippen LogP) is 3.58. The van der Waals surface area contributed by atoms with E-state index in [1.54, 1.807) is 0 Å². The van der Waals surface area contributed by atoms with E-state index in [0.717, 1.165) is 25.0 Å². The Labute approximate surface area is 127 Å². The number of benzene rings is 1. The Kier molecular flexibility index (Phi) is 3.81. The van der Waals surface area contributed by atoms with Gasteiger partial charge in [-0.1, -0.05) is 17.2 Å². The second-order valence-corrected chi connectivity index (χ2v) is 7.57. The Balaban J connectivity index is 1.83. The molecule has 1 aromatic rings. The maximum absolute atomic E-state index is 12.7. The van der Waals surface area contributed by atoms with Gasteiger partial charge >= 0.3 is 6.18 Å². The van der Waals surface area contributed by atoms with Crippen LogP contribution in [0, 0.1) is 0 Å². The van der Waals surface area contributed by atoms with E-state index in [1.807, 2.05) is 0 Å². The van der Waals surface area contributed by atoms with Gasteiger partial charge in [0.05, 0.1) is 10.5 Å².